The van der Waals surface area contributed by atoms with Crippen LogP contribution in [0.3, 0.4) is 0 Å². The van der Waals surface area contributed by atoms with E-state index in [1.165, 1.54) is 33.5 Å². The fraction of sp³-hybridized carbons (Fsp3) is 0.609. The first kappa shape index (κ1) is 20.7. The summed E-state index contributed by atoms with van der Waals surface area (Å²) in [5.74, 6) is -0.418. The number of fused-ring (bicyclic) bond motifs is 2. The molecule has 3 aliphatic rings. The Balaban J connectivity index is 1.59. The number of rotatable bonds is 7. The van der Waals surface area contributed by atoms with Crippen molar-refractivity contribution < 1.29 is 28.6 Å². The molecule has 0 radical (unpaired) electrons. The van der Waals surface area contributed by atoms with Crippen molar-refractivity contribution in [2.24, 2.45) is 0 Å². The van der Waals surface area contributed by atoms with Crippen molar-refractivity contribution >= 4 is 17.8 Å². The molecule has 0 N–H and O–H groups in total. The Morgan fingerprint density at radius 3 is 2.50 bits per heavy atom. The summed E-state index contributed by atoms with van der Waals surface area (Å²) in [6.45, 7) is 0. The molecule has 0 bridgehead atoms. The van der Waals surface area contributed by atoms with E-state index < -0.39 is 23.5 Å². The van der Waals surface area contributed by atoms with Gasteiger partial charge < -0.3 is 19.1 Å². The maximum atomic E-state index is 13.4. The standard InChI is InChI=1S/C23H29NO6/c1-28-20(25)11-10-19(22(27)29-2)24-21(26)17-14-16(30-15-6-4-3-5-7-15)8-9-18(17)23(24)12-13-23/h8-9,14-15,19H,3-7,10-13H2,1-2H3. The van der Waals surface area contributed by atoms with Gasteiger partial charge in [0.05, 0.1) is 25.9 Å². The highest BCUT2D eigenvalue weighted by molar-refractivity contribution is 6.03. The second-order valence-corrected chi connectivity index (χ2v) is 8.45. The SMILES string of the molecule is COC(=O)CCC(C(=O)OC)N1C(=O)c2cc(OC3CCCCC3)ccc2C12CC2. The molecule has 162 valence electrons. The average molecular weight is 415 g/mol. The third-order valence-corrected chi connectivity index (χ3v) is 6.62. The summed E-state index contributed by atoms with van der Waals surface area (Å²) < 4.78 is 15.8. The number of carbonyl (C=O) groups excluding carboxylic acids is 3. The van der Waals surface area contributed by atoms with Gasteiger partial charge in [0, 0.05) is 12.0 Å². The fourth-order valence-corrected chi connectivity index (χ4v) is 4.92. The van der Waals surface area contributed by atoms with Crippen molar-refractivity contribution in [1.29, 1.82) is 0 Å². The van der Waals surface area contributed by atoms with Crippen LogP contribution in [0.2, 0.25) is 0 Å². The number of hydrogen-bond donors (Lipinski definition) is 0. The molecule has 1 atom stereocenters. The maximum absolute atomic E-state index is 13.4. The summed E-state index contributed by atoms with van der Waals surface area (Å²) in [6.07, 6.45) is 7.68. The van der Waals surface area contributed by atoms with E-state index in [1.807, 2.05) is 18.2 Å². The molecule has 2 saturated carbocycles. The van der Waals surface area contributed by atoms with Crippen molar-refractivity contribution in [1.82, 2.24) is 4.90 Å². The molecular weight excluding hydrogens is 386 g/mol. The van der Waals surface area contributed by atoms with Crippen LogP contribution in [0.1, 0.15) is 73.7 Å². The minimum Gasteiger partial charge on any atom is -0.490 e. The van der Waals surface area contributed by atoms with E-state index in [4.69, 9.17) is 14.2 Å². The third-order valence-electron chi connectivity index (χ3n) is 6.62. The minimum absolute atomic E-state index is 0.0442. The van der Waals surface area contributed by atoms with Gasteiger partial charge in [0.1, 0.15) is 11.8 Å². The molecule has 7 heteroatoms. The van der Waals surface area contributed by atoms with Gasteiger partial charge in [-0.25, -0.2) is 4.79 Å². The first-order chi connectivity index (χ1) is 14.5. The predicted molar refractivity (Wildman–Crippen MR) is 108 cm³/mol. The van der Waals surface area contributed by atoms with Gasteiger partial charge in [-0.05, 0) is 62.6 Å². The molecular formula is C23H29NO6. The molecule has 1 heterocycles. The van der Waals surface area contributed by atoms with Crippen LogP contribution in [0.25, 0.3) is 0 Å². The summed E-state index contributed by atoms with van der Waals surface area (Å²) in [4.78, 5) is 39.3. The van der Waals surface area contributed by atoms with E-state index >= 15 is 0 Å². The summed E-state index contributed by atoms with van der Waals surface area (Å²) in [5, 5.41) is 0. The highest BCUT2D eigenvalue weighted by atomic mass is 16.5. The summed E-state index contributed by atoms with van der Waals surface area (Å²) in [5.41, 5.74) is 1.05. The van der Waals surface area contributed by atoms with Crippen LogP contribution in [-0.2, 0) is 24.6 Å². The molecule has 1 aliphatic heterocycles. The van der Waals surface area contributed by atoms with Crippen LogP contribution in [-0.4, -0.2) is 49.1 Å². The maximum Gasteiger partial charge on any atom is 0.328 e. The van der Waals surface area contributed by atoms with Gasteiger partial charge in [-0.3, -0.25) is 9.59 Å². The van der Waals surface area contributed by atoms with Gasteiger partial charge in [0.25, 0.3) is 5.91 Å². The van der Waals surface area contributed by atoms with E-state index in [0.29, 0.717) is 11.3 Å². The van der Waals surface area contributed by atoms with Gasteiger partial charge in [-0.2, -0.15) is 0 Å². The lowest BCUT2D eigenvalue weighted by atomic mass is 9.97. The molecule has 0 saturated heterocycles. The molecule has 1 aromatic carbocycles. The summed E-state index contributed by atoms with van der Waals surface area (Å²) in [6, 6.07) is 4.90. The Bertz CT molecular complexity index is 840. The number of amides is 1. The monoisotopic (exact) mass is 415 g/mol. The second kappa shape index (κ2) is 8.28. The largest absolute Gasteiger partial charge is 0.490 e. The number of carbonyl (C=O) groups is 3. The van der Waals surface area contributed by atoms with Crippen LogP contribution in [0.4, 0.5) is 0 Å². The number of benzene rings is 1. The van der Waals surface area contributed by atoms with Gasteiger partial charge in [0.15, 0.2) is 0 Å². The van der Waals surface area contributed by atoms with Crippen LogP contribution < -0.4 is 4.74 Å². The number of ether oxygens (including phenoxy) is 3. The molecule has 1 unspecified atom stereocenters. The summed E-state index contributed by atoms with van der Waals surface area (Å²) in [7, 11) is 2.61. The Hall–Kier alpha value is -2.57. The molecule has 7 nitrogen and oxygen atoms in total. The van der Waals surface area contributed by atoms with E-state index in [1.54, 1.807) is 4.90 Å². The van der Waals surface area contributed by atoms with E-state index in [-0.39, 0.29) is 24.9 Å². The molecule has 2 fully saturated rings. The second-order valence-electron chi connectivity index (χ2n) is 8.45. The number of methoxy groups -OCH3 is 2. The molecule has 30 heavy (non-hydrogen) atoms. The highest BCUT2D eigenvalue weighted by Gasteiger charge is 2.61. The normalized spacial score (nSPS) is 20.6. The first-order valence-corrected chi connectivity index (χ1v) is 10.8. The third kappa shape index (κ3) is 3.66. The lowest BCUT2D eigenvalue weighted by Crippen LogP contribution is -2.47. The van der Waals surface area contributed by atoms with E-state index in [2.05, 4.69) is 0 Å². The van der Waals surface area contributed by atoms with Crippen molar-refractivity contribution in [2.75, 3.05) is 14.2 Å². The number of esters is 2. The smallest absolute Gasteiger partial charge is 0.328 e. The molecule has 4 rings (SSSR count). The molecule has 2 aliphatic carbocycles. The highest BCUT2D eigenvalue weighted by Crippen LogP contribution is 2.58. The van der Waals surface area contributed by atoms with Crippen molar-refractivity contribution in [3.05, 3.63) is 29.3 Å². The zero-order valence-electron chi connectivity index (χ0n) is 17.6. The lowest BCUT2D eigenvalue weighted by molar-refractivity contribution is -0.148. The Morgan fingerprint density at radius 1 is 1.13 bits per heavy atom. The topological polar surface area (TPSA) is 82.1 Å². The van der Waals surface area contributed by atoms with Crippen LogP contribution >= 0.6 is 0 Å². The van der Waals surface area contributed by atoms with Crippen molar-refractivity contribution in [3.8, 4) is 5.75 Å². The number of nitrogens with zero attached hydrogens (tertiary/aromatic N) is 1. The average Bonchev–Trinajstić information content (AvgIpc) is 3.53. The van der Waals surface area contributed by atoms with Gasteiger partial charge in [-0.15, -0.1) is 0 Å². The van der Waals surface area contributed by atoms with Gasteiger partial charge in [-0.1, -0.05) is 12.5 Å². The van der Waals surface area contributed by atoms with Gasteiger partial charge in [0.2, 0.25) is 0 Å². The van der Waals surface area contributed by atoms with Crippen molar-refractivity contribution in [3.63, 3.8) is 0 Å². The van der Waals surface area contributed by atoms with E-state index in [9.17, 15) is 14.4 Å². The summed E-state index contributed by atoms with van der Waals surface area (Å²) >= 11 is 0. The van der Waals surface area contributed by atoms with Crippen LogP contribution in [0.15, 0.2) is 18.2 Å². The zero-order valence-corrected chi connectivity index (χ0v) is 17.6. The minimum atomic E-state index is -0.820. The number of hydrogen-bond acceptors (Lipinski definition) is 6. The predicted octanol–water partition coefficient (Wildman–Crippen LogP) is 3.34. The Kier molecular flexibility index (Phi) is 5.71. The molecule has 0 aromatic heterocycles. The lowest BCUT2D eigenvalue weighted by Gasteiger charge is -2.32. The van der Waals surface area contributed by atoms with Crippen LogP contribution in [0, 0.1) is 0 Å². The van der Waals surface area contributed by atoms with Gasteiger partial charge >= 0.3 is 11.9 Å². The van der Waals surface area contributed by atoms with E-state index in [0.717, 1.165) is 31.2 Å². The van der Waals surface area contributed by atoms with Crippen LogP contribution in [0.5, 0.6) is 5.75 Å². The molecule has 1 spiro atoms. The van der Waals surface area contributed by atoms with Crippen molar-refractivity contribution in [2.45, 2.75) is 75.5 Å². The Morgan fingerprint density at radius 2 is 1.87 bits per heavy atom. The molecule has 1 amide bonds. The zero-order chi connectivity index (χ0) is 21.3. The first-order valence-electron chi connectivity index (χ1n) is 10.8. The fourth-order valence-electron chi connectivity index (χ4n) is 4.92. The Labute approximate surface area is 176 Å². The quantitative estimate of drug-likeness (QED) is 0.636. The molecule has 1 aromatic rings.